The van der Waals surface area contributed by atoms with Gasteiger partial charge in [0.15, 0.2) is 17.5 Å². The summed E-state index contributed by atoms with van der Waals surface area (Å²) in [6, 6.07) is 57.0. The summed E-state index contributed by atoms with van der Waals surface area (Å²) in [7, 11) is 0. The molecule has 2 heterocycles. The van der Waals surface area contributed by atoms with Gasteiger partial charge in [-0.3, -0.25) is 0 Å². The Balaban J connectivity index is 1.27. The number of furan rings is 1. The van der Waals surface area contributed by atoms with Crippen LogP contribution < -0.4 is 0 Å². The largest absolute Gasteiger partial charge is 0.456 e. The van der Waals surface area contributed by atoms with Gasteiger partial charge in [0.2, 0.25) is 0 Å². The van der Waals surface area contributed by atoms with Crippen LogP contribution in [0.1, 0.15) is 0 Å². The molecule has 0 amide bonds. The predicted molar refractivity (Wildman–Crippen MR) is 201 cm³/mol. The normalized spacial score (nSPS) is 11.7. The molecular weight excluding hydrogens is 599 g/mol. The van der Waals surface area contributed by atoms with Crippen LogP contribution in [0.3, 0.4) is 0 Å². The number of nitrogens with zero attached hydrogens (tertiary/aromatic N) is 3. The first-order valence-corrected chi connectivity index (χ1v) is 16.4. The zero-order valence-corrected chi connectivity index (χ0v) is 26.3. The molecule has 0 radical (unpaired) electrons. The van der Waals surface area contributed by atoms with Crippen molar-refractivity contribution >= 4 is 54.3 Å². The van der Waals surface area contributed by atoms with Crippen molar-refractivity contribution in [2.24, 2.45) is 0 Å². The summed E-state index contributed by atoms with van der Waals surface area (Å²) in [5, 5.41) is 9.29. The first-order chi connectivity index (χ1) is 24.3. The Kier molecular flexibility index (Phi) is 6.15. The summed E-state index contributed by atoms with van der Waals surface area (Å²) in [5.74, 6) is 1.94. The maximum Gasteiger partial charge on any atom is 0.164 e. The third kappa shape index (κ3) is 4.49. The van der Waals surface area contributed by atoms with Gasteiger partial charge in [-0.2, -0.15) is 0 Å². The lowest BCUT2D eigenvalue weighted by atomic mass is 9.89. The van der Waals surface area contributed by atoms with Crippen molar-refractivity contribution in [3.8, 4) is 45.3 Å². The molecule has 10 rings (SSSR count). The monoisotopic (exact) mass is 625 g/mol. The predicted octanol–water partition coefficient (Wildman–Crippen LogP) is 11.9. The molecule has 0 unspecified atom stereocenters. The molecule has 0 atom stereocenters. The summed E-state index contributed by atoms with van der Waals surface area (Å²) < 4.78 is 6.15. The summed E-state index contributed by atoms with van der Waals surface area (Å²) >= 11 is 0. The van der Waals surface area contributed by atoms with E-state index >= 15 is 0 Å². The zero-order valence-electron chi connectivity index (χ0n) is 26.3. The SMILES string of the molecule is c1ccc(-c2nc(-c3ccccc3)nc(-c3cccc4c5ccccc5c5ccc(-c6ccc7oc8ccccc8c7c6)cc5c34)n2)cc1. The third-order valence-corrected chi connectivity index (χ3v) is 9.51. The van der Waals surface area contributed by atoms with Gasteiger partial charge in [-0.1, -0.05) is 140 Å². The van der Waals surface area contributed by atoms with E-state index in [-0.39, 0.29) is 0 Å². The van der Waals surface area contributed by atoms with Crippen LogP contribution in [-0.4, -0.2) is 15.0 Å². The highest BCUT2D eigenvalue weighted by atomic mass is 16.3. The van der Waals surface area contributed by atoms with Crippen LogP contribution in [0.25, 0.3) is 99.5 Å². The number of aromatic nitrogens is 3. The van der Waals surface area contributed by atoms with E-state index in [2.05, 4.69) is 91.0 Å². The first-order valence-electron chi connectivity index (χ1n) is 16.4. The Morgan fingerprint density at radius 2 is 0.816 bits per heavy atom. The van der Waals surface area contributed by atoms with Crippen molar-refractivity contribution in [1.29, 1.82) is 0 Å². The van der Waals surface area contributed by atoms with Crippen LogP contribution in [0.2, 0.25) is 0 Å². The number of hydrogen-bond donors (Lipinski definition) is 0. The highest BCUT2D eigenvalue weighted by Gasteiger charge is 2.18. The molecule has 0 saturated heterocycles. The first kappa shape index (κ1) is 27.5. The molecule has 0 N–H and O–H groups in total. The molecule has 4 heteroatoms. The van der Waals surface area contributed by atoms with Crippen LogP contribution >= 0.6 is 0 Å². The lowest BCUT2D eigenvalue weighted by Crippen LogP contribution is -2.00. The van der Waals surface area contributed by atoms with Crippen LogP contribution in [0.5, 0.6) is 0 Å². The fourth-order valence-electron chi connectivity index (χ4n) is 7.21. The number of para-hydroxylation sites is 1. The standard InChI is InChI=1S/C45H27N3O/c1-3-12-28(13-4-1)43-46-44(29-14-5-2-6-15-29)48-45(47-43)37-20-11-19-36-33-17-8-7-16-32(33)34-24-22-30(27-39(34)42(36)37)31-23-25-41-38(26-31)35-18-9-10-21-40(35)49-41/h1-27H. The van der Waals surface area contributed by atoms with E-state index in [0.29, 0.717) is 17.5 Å². The molecule has 0 saturated carbocycles. The highest BCUT2D eigenvalue weighted by molar-refractivity contribution is 6.28. The second-order valence-electron chi connectivity index (χ2n) is 12.4. The molecule has 0 fully saturated rings. The Bertz CT molecular complexity index is 2820. The Hall–Kier alpha value is -6.65. The molecule has 10 aromatic rings. The number of benzene rings is 8. The minimum absolute atomic E-state index is 0.645. The van der Waals surface area contributed by atoms with Crippen molar-refractivity contribution in [1.82, 2.24) is 15.0 Å². The van der Waals surface area contributed by atoms with Crippen molar-refractivity contribution in [3.05, 3.63) is 164 Å². The van der Waals surface area contributed by atoms with Crippen molar-refractivity contribution in [2.45, 2.75) is 0 Å². The average Bonchev–Trinajstić information content (AvgIpc) is 3.56. The smallest absolute Gasteiger partial charge is 0.164 e. The Morgan fingerprint density at radius 3 is 1.53 bits per heavy atom. The molecule has 0 bridgehead atoms. The van der Waals surface area contributed by atoms with Crippen molar-refractivity contribution < 1.29 is 4.42 Å². The second kappa shape index (κ2) is 11.0. The third-order valence-electron chi connectivity index (χ3n) is 9.51. The zero-order chi connectivity index (χ0) is 32.3. The highest BCUT2D eigenvalue weighted by Crippen LogP contribution is 2.42. The molecule has 2 aromatic heterocycles. The number of rotatable bonds is 4. The van der Waals surface area contributed by atoms with E-state index in [0.717, 1.165) is 65.9 Å². The average molecular weight is 626 g/mol. The molecule has 0 aliphatic rings. The quantitative estimate of drug-likeness (QED) is 0.183. The van der Waals surface area contributed by atoms with Gasteiger partial charge in [0.1, 0.15) is 11.2 Å². The molecule has 0 spiro atoms. The van der Waals surface area contributed by atoms with Gasteiger partial charge in [-0.05, 0) is 62.3 Å². The summed E-state index contributed by atoms with van der Waals surface area (Å²) in [5.41, 5.74) is 6.93. The molecule has 228 valence electrons. The van der Waals surface area contributed by atoms with Gasteiger partial charge in [0.25, 0.3) is 0 Å². The van der Waals surface area contributed by atoms with Gasteiger partial charge in [0.05, 0.1) is 0 Å². The second-order valence-corrected chi connectivity index (χ2v) is 12.4. The van der Waals surface area contributed by atoms with E-state index in [1.54, 1.807) is 0 Å². The number of hydrogen-bond acceptors (Lipinski definition) is 4. The van der Waals surface area contributed by atoms with Crippen LogP contribution in [-0.2, 0) is 0 Å². The topological polar surface area (TPSA) is 51.8 Å². The van der Waals surface area contributed by atoms with Gasteiger partial charge in [-0.25, -0.2) is 15.0 Å². The van der Waals surface area contributed by atoms with E-state index in [4.69, 9.17) is 19.4 Å². The van der Waals surface area contributed by atoms with Crippen molar-refractivity contribution in [2.75, 3.05) is 0 Å². The van der Waals surface area contributed by atoms with E-state index < -0.39 is 0 Å². The van der Waals surface area contributed by atoms with Gasteiger partial charge < -0.3 is 4.42 Å². The lowest BCUT2D eigenvalue weighted by molar-refractivity contribution is 0.669. The fraction of sp³-hybridized carbons (Fsp3) is 0. The van der Waals surface area contributed by atoms with E-state index in [1.165, 1.54) is 16.2 Å². The molecule has 8 aromatic carbocycles. The van der Waals surface area contributed by atoms with Gasteiger partial charge in [-0.15, -0.1) is 0 Å². The molecule has 0 aliphatic carbocycles. The van der Waals surface area contributed by atoms with Crippen molar-refractivity contribution in [3.63, 3.8) is 0 Å². The molecule has 0 aliphatic heterocycles. The maximum absolute atomic E-state index is 6.15. The fourth-order valence-corrected chi connectivity index (χ4v) is 7.21. The van der Waals surface area contributed by atoms with Crippen LogP contribution in [0.4, 0.5) is 0 Å². The minimum Gasteiger partial charge on any atom is -0.456 e. The Morgan fingerprint density at radius 1 is 0.306 bits per heavy atom. The van der Waals surface area contributed by atoms with Crippen LogP contribution in [0.15, 0.2) is 168 Å². The molecule has 4 nitrogen and oxygen atoms in total. The summed E-state index contributed by atoms with van der Waals surface area (Å²) in [4.78, 5) is 15.2. The minimum atomic E-state index is 0.645. The van der Waals surface area contributed by atoms with Crippen LogP contribution in [0, 0.1) is 0 Å². The van der Waals surface area contributed by atoms with Gasteiger partial charge in [0, 0.05) is 32.8 Å². The summed E-state index contributed by atoms with van der Waals surface area (Å²) in [6.07, 6.45) is 0. The molecule has 49 heavy (non-hydrogen) atoms. The maximum atomic E-state index is 6.15. The Labute approximate surface area is 282 Å². The van der Waals surface area contributed by atoms with E-state index in [1.807, 2.05) is 72.8 Å². The molecular formula is C45H27N3O. The van der Waals surface area contributed by atoms with E-state index in [9.17, 15) is 0 Å². The number of fused-ring (bicyclic) bond motifs is 9. The van der Waals surface area contributed by atoms with Gasteiger partial charge >= 0.3 is 0 Å². The lowest BCUT2D eigenvalue weighted by Gasteiger charge is -2.16. The summed E-state index contributed by atoms with van der Waals surface area (Å²) in [6.45, 7) is 0.